The highest BCUT2D eigenvalue weighted by molar-refractivity contribution is 5.64. The molecule has 1 saturated heterocycles. The maximum Gasteiger partial charge on any atom is 0.182 e. The van der Waals surface area contributed by atoms with Gasteiger partial charge in [0, 0.05) is 23.9 Å². The van der Waals surface area contributed by atoms with Crippen LogP contribution in [0.1, 0.15) is 19.4 Å². The number of hydrogen-bond acceptors (Lipinski definition) is 6. The zero-order chi connectivity index (χ0) is 14.1. The van der Waals surface area contributed by atoms with Gasteiger partial charge in [0.2, 0.25) is 0 Å². The minimum absolute atomic E-state index is 0.0974. The number of hydrogen-bond donors (Lipinski definition) is 1. The average molecular weight is 275 g/mol. The first-order valence-corrected chi connectivity index (χ1v) is 6.53. The van der Waals surface area contributed by atoms with Crippen LogP contribution in [-0.2, 0) is 4.74 Å². The molecule has 0 amide bonds. The Morgan fingerprint density at radius 3 is 2.95 bits per heavy atom. The number of anilines is 1. The average Bonchev–Trinajstić information content (AvgIpc) is 3.05. The maximum atomic E-state index is 5.89. The minimum atomic E-state index is 0.0974. The maximum absolute atomic E-state index is 5.89. The molecule has 2 N–H and O–H groups in total. The first-order chi connectivity index (χ1) is 9.69. The van der Waals surface area contributed by atoms with Gasteiger partial charge in [-0.2, -0.15) is 0 Å². The Bertz CT molecular complexity index is 613. The van der Waals surface area contributed by atoms with Gasteiger partial charge < -0.3 is 15.2 Å². The molecule has 1 aromatic heterocycles. The number of methoxy groups -OCH3 is 1. The van der Waals surface area contributed by atoms with Crippen LogP contribution >= 0.6 is 0 Å². The van der Waals surface area contributed by atoms with E-state index in [1.165, 1.54) is 0 Å². The molecule has 0 bridgehead atoms. The third kappa shape index (κ3) is 2.20. The predicted octanol–water partition coefficient (Wildman–Crippen LogP) is 1.28. The molecule has 0 spiro atoms. The van der Waals surface area contributed by atoms with Gasteiger partial charge in [-0.1, -0.05) is 0 Å². The lowest BCUT2D eigenvalue weighted by Gasteiger charge is -2.15. The molecule has 0 radical (unpaired) electrons. The van der Waals surface area contributed by atoms with Gasteiger partial charge in [0.05, 0.1) is 19.3 Å². The predicted molar refractivity (Wildman–Crippen MR) is 73.3 cm³/mol. The number of rotatable bonds is 3. The van der Waals surface area contributed by atoms with E-state index in [1.54, 1.807) is 13.2 Å². The van der Waals surface area contributed by atoms with Crippen molar-refractivity contribution in [2.45, 2.75) is 25.5 Å². The van der Waals surface area contributed by atoms with Crippen molar-refractivity contribution in [2.75, 3.05) is 19.5 Å². The van der Waals surface area contributed by atoms with Crippen molar-refractivity contribution in [2.24, 2.45) is 0 Å². The van der Waals surface area contributed by atoms with E-state index in [-0.39, 0.29) is 12.1 Å². The lowest BCUT2D eigenvalue weighted by molar-refractivity contribution is 0.105. The van der Waals surface area contributed by atoms with Gasteiger partial charge in [-0.3, -0.25) is 0 Å². The molecule has 2 aromatic rings. The van der Waals surface area contributed by atoms with E-state index < -0.39 is 0 Å². The highest BCUT2D eigenvalue weighted by Gasteiger charge is 2.29. The summed E-state index contributed by atoms with van der Waals surface area (Å²) in [6.45, 7) is 2.76. The lowest BCUT2D eigenvalue weighted by atomic mass is 10.1. The molecule has 20 heavy (non-hydrogen) atoms. The van der Waals surface area contributed by atoms with E-state index in [9.17, 15) is 0 Å². The van der Waals surface area contributed by atoms with Crippen molar-refractivity contribution in [3.8, 4) is 17.1 Å². The molecule has 1 fully saturated rings. The van der Waals surface area contributed by atoms with E-state index in [0.29, 0.717) is 17.3 Å². The van der Waals surface area contributed by atoms with Crippen molar-refractivity contribution < 1.29 is 9.47 Å². The summed E-state index contributed by atoms with van der Waals surface area (Å²) >= 11 is 0. The standard InChI is InChI=1S/C13H17N5O2/c1-8-12(3-4-20-8)18-13(15-16-17-18)9-5-10(14)7-11(6-9)19-2/h5-8,12H,3-4,14H2,1-2H3. The second-order valence-electron chi connectivity index (χ2n) is 4.87. The van der Waals surface area contributed by atoms with E-state index >= 15 is 0 Å². The largest absolute Gasteiger partial charge is 0.497 e. The Balaban J connectivity index is 2.03. The zero-order valence-electron chi connectivity index (χ0n) is 11.5. The van der Waals surface area contributed by atoms with Crippen LogP contribution in [0.25, 0.3) is 11.4 Å². The Morgan fingerprint density at radius 1 is 1.40 bits per heavy atom. The first-order valence-electron chi connectivity index (χ1n) is 6.53. The molecule has 3 rings (SSSR count). The van der Waals surface area contributed by atoms with E-state index in [1.807, 2.05) is 23.7 Å². The third-order valence-electron chi connectivity index (χ3n) is 3.57. The summed E-state index contributed by atoms with van der Waals surface area (Å²) in [6.07, 6.45) is 0.999. The molecule has 1 aliphatic heterocycles. The number of benzene rings is 1. The topological polar surface area (TPSA) is 88.1 Å². The van der Waals surface area contributed by atoms with Crippen LogP contribution in [0.5, 0.6) is 5.75 Å². The second kappa shape index (κ2) is 5.09. The number of nitrogens with two attached hydrogens (primary N) is 1. The van der Waals surface area contributed by atoms with Crippen LogP contribution in [-0.4, -0.2) is 40.0 Å². The van der Waals surface area contributed by atoms with Crippen LogP contribution < -0.4 is 10.5 Å². The minimum Gasteiger partial charge on any atom is -0.497 e. The molecule has 106 valence electrons. The molecule has 1 aliphatic rings. The van der Waals surface area contributed by atoms with Crippen LogP contribution in [0.3, 0.4) is 0 Å². The molecular weight excluding hydrogens is 258 g/mol. The number of aromatic nitrogens is 4. The van der Waals surface area contributed by atoms with Crippen molar-refractivity contribution >= 4 is 5.69 Å². The smallest absolute Gasteiger partial charge is 0.182 e. The molecule has 7 heteroatoms. The molecule has 7 nitrogen and oxygen atoms in total. The Kier molecular flexibility index (Phi) is 3.27. The van der Waals surface area contributed by atoms with Crippen LogP contribution in [0.15, 0.2) is 18.2 Å². The van der Waals surface area contributed by atoms with Gasteiger partial charge in [-0.05, 0) is 35.9 Å². The van der Waals surface area contributed by atoms with Gasteiger partial charge in [0.15, 0.2) is 5.82 Å². The summed E-state index contributed by atoms with van der Waals surface area (Å²) in [5, 5.41) is 12.0. The fraction of sp³-hybridized carbons (Fsp3) is 0.462. The molecule has 1 aromatic carbocycles. The monoisotopic (exact) mass is 275 g/mol. The number of nitrogens with zero attached hydrogens (tertiary/aromatic N) is 4. The molecule has 2 heterocycles. The molecular formula is C13H17N5O2. The lowest BCUT2D eigenvalue weighted by Crippen LogP contribution is -2.19. The zero-order valence-corrected chi connectivity index (χ0v) is 11.5. The number of nitrogen functional groups attached to an aromatic ring is 1. The van der Waals surface area contributed by atoms with Gasteiger partial charge in [-0.15, -0.1) is 5.10 Å². The van der Waals surface area contributed by atoms with Gasteiger partial charge in [0.1, 0.15) is 5.75 Å². The quantitative estimate of drug-likeness (QED) is 0.849. The fourth-order valence-corrected chi connectivity index (χ4v) is 2.52. The Labute approximate surface area is 116 Å². The Hall–Kier alpha value is -2.15. The third-order valence-corrected chi connectivity index (χ3v) is 3.57. The summed E-state index contributed by atoms with van der Waals surface area (Å²) in [5.41, 5.74) is 7.34. The van der Waals surface area contributed by atoms with E-state index in [4.69, 9.17) is 15.2 Å². The molecule has 2 atom stereocenters. The fourth-order valence-electron chi connectivity index (χ4n) is 2.52. The van der Waals surface area contributed by atoms with Crippen LogP contribution in [0, 0.1) is 0 Å². The van der Waals surface area contributed by atoms with E-state index in [0.717, 1.165) is 18.6 Å². The summed E-state index contributed by atoms with van der Waals surface area (Å²) in [6, 6.07) is 5.62. The summed E-state index contributed by atoms with van der Waals surface area (Å²) in [7, 11) is 1.61. The molecule has 0 saturated carbocycles. The van der Waals surface area contributed by atoms with Crippen molar-refractivity contribution in [3.63, 3.8) is 0 Å². The van der Waals surface area contributed by atoms with Crippen molar-refractivity contribution in [1.29, 1.82) is 0 Å². The van der Waals surface area contributed by atoms with E-state index in [2.05, 4.69) is 15.5 Å². The number of ether oxygens (including phenoxy) is 2. The molecule has 2 unspecified atom stereocenters. The second-order valence-corrected chi connectivity index (χ2v) is 4.87. The SMILES string of the molecule is COc1cc(N)cc(-c2nnnn2C2CCOC2C)c1. The van der Waals surface area contributed by atoms with Crippen LogP contribution in [0.4, 0.5) is 5.69 Å². The first kappa shape index (κ1) is 12.9. The highest BCUT2D eigenvalue weighted by atomic mass is 16.5. The summed E-state index contributed by atoms with van der Waals surface area (Å²) in [4.78, 5) is 0. The summed E-state index contributed by atoms with van der Waals surface area (Å²) < 4.78 is 12.6. The van der Waals surface area contributed by atoms with Gasteiger partial charge in [0.25, 0.3) is 0 Å². The molecule has 0 aliphatic carbocycles. The highest BCUT2D eigenvalue weighted by Crippen LogP contribution is 2.31. The summed E-state index contributed by atoms with van der Waals surface area (Å²) in [5.74, 6) is 1.36. The normalized spacial score (nSPS) is 22.1. The Morgan fingerprint density at radius 2 is 2.25 bits per heavy atom. The van der Waals surface area contributed by atoms with Crippen LogP contribution in [0.2, 0.25) is 0 Å². The number of tetrazole rings is 1. The van der Waals surface area contributed by atoms with Crippen molar-refractivity contribution in [3.05, 3.63) is 18.2 Å². The van der Waals surface area contributed by atoms with Gasteiger partial charge >= 0.3 is 0 Å². The van der Waals surface area contributed by atoms with Crippen molar-refractivity contribution in [1.82, 2.24) is 20.2 Å². The van der Waals surface area contributed by atoms with Gasteiger partial charge in [-0.25, -0.2) is 4.68 Å².